The SMILES string of the molecule is Cc1ccc(-c2csc(/C(C#N)=C(\O)c3ccc(-c4ccc(Cl)cc4Cl)o3)n2)cc1. The van der Waals surface area contributed by atoms with Gasteiger partial charge in [-0.3, -0.25) is 0 Å². The van der Waals surface area contributed by atoms with Crippen LogP contribution < -0.4 is 0 Å². The van der Waals surface area contributed by atoms with Gasteiger partial charge >= 0.3 is 0 Å². The summed E-state index contributed by atoms with van der Waals surface area (Å²) in [4.78, 5) is 4.52. The number of aliphatic hydroxyl groups excluding tert-OH is 1. The Morgan fingerprint density at radius 1 is 1.10 bits per heavy atom. The van der Waals surface area contributed by atoms with Crippen LogP contribution in [0.25, 0.3) is 33.9 Å². The van der Waals surface area contributed by atoms with Gasteiger partial charge in [-0.05, 0) is 37.3 Å². The largest absolute Gasteiger partial charge is 0.503 e. The molecule has 0 saturated heterocycles. The third kappa shape index (κ3) is 3.99. The van der Waals surface area contributed by atoms with Crippen molar-refractivity contribution in [1.29, 1.82) is 5.26 Å². The number of nitrogens with zero attached hydrogens (tertiary/aromatic N) is 2. The minimum absolute atomic E-state index is 0.0430. The lowest BCUT2D eigenvalue weighted by molar-refractivity contribution is 0.466. The highest BCUT2D eigenvalue weighted by Crippen LogP contribution is 2.35. The summed E-state index contributed by atoms with van der Waals surface area (Å²) < 4.78 is 5.75. The van der Waals surface area contributed by atoms with Gasteiger partial charge < -0.3 is 9.52 Å². The number of halogens is 2. The second-order valence-corrected chi connectivity index (χ2v) is 8.23. The molecule has 0 aliphatic carbocycles. The van der Waals surface area contributed by atoms with Crippen molar-refractivity contribution in [3.05, 3.63) is 86.4 Å². The van der Waals surface area contributed by atoms with Crippen LogP contribution in [0.1, 0.15) is 16.3 Å². The first kappa shape index (κ1) is 20.2. The molecule has 2 aromatic carbocycles. The molecule has 0 radical (unpaired) electrons. The molecule has 0 unspecified atom stereocenters. The fourth-order valence-corrected chi connectivity index (χ4v) is 4.19. The summed E-state index contributed by atoms with van der Waals surface area (Å²) >= 11 is 13.5. The van der Waals surface area contributed by atoms with Crippen molar-refractivity contribution in [3.63, 3.8) is 0 Å². The maximum absolute atomic E-state index is 10.7. The van der Waals surface area contributed by atoms with Crippen molar-refractivity contribution in [1.82, 2.24) is 4.98 Å². The van der Waals surface area contributed by atoms with E-state index in [4.69, 9.17) is 27.6 Å². The first-order chi connectivity index (χ1) is 14.5. The van der Waals surface area contributed by atoms with E-state index in [1.165, 1.54) is 11.3 Å². The first-order valence-corrected chi connectivity index (χ1v) is 10.5. The predicted molar refractivity (Wildman–Crippen MR) is 122 cm³/mol. The van der Waals surface area contributed by atoms with E-state index in [0.717, 1.165) is 16.8 Å². The molecular formula is C23H14Cl2N2O2S. The molecule has 0 fully saturated rings. The maximum Gasteiger partial charge on any atom is 0.179 e. The van der Waals surface area contributed by atoms with Gasteiger partial charge in [0.2, 0.25) is 0 Å². The van der Waals surface area contributed by atoms with Crippen molar-refractivity contribution in [2.24, 2.45) is 0 Å². The van der Waals surface area contributed by atoms with Crippen LogP contribution in [-0.2, 0) is 0 Å². The molecule has 0 bridgehead atoms. The van der Waals surface area contributed by atoms with Crippen LogP contribution in [0.3, 0.4) is 0 Å². The van der Waals surface area contributed by atoms with Gasteiger partial charge in [0, 0.05) is 21.5 Å². The van der Waals surface area contributed by atoms with E-state index in [2.05, 4.69) is 4.98 Å². The van der Waals surface area contributed by atoms with E-state index < -0.39 is 0 Å². The van der Waals surface area contributed by atoms with Crippen LogP contribution in [0.4, 0.5) is 0 Å². The summed E-state index contributed by atoms with van der Waals surface area (Å²) in [6.45, 7) is 2.01. The highest BCUT2D eigenvalue weighted by atomic mass is 35.5. The lowest BCUT2D eigenvalue weighted by Gasteiger charge is -2.02. The number of aliphatic hydroxyl groups is 1. The molecule has 0 aliphatic rings. The van der Waals surface area contributed by atoms with Gasteiger partial charge in [-0.2, -0.15) is 5.26 Å². The number of allylic oxidation sites excluding steroid dienone is 1. The monoisotopic (exact) mass is 452 g/mol. The molecule has 2 aromatic heterocycles. The third-order valence-corrected chi connectivity index (χ3v) is 5.86. The Balaban J connectivity index is 1.69. The van der Waals surface area contributed by atoms with Crippen molar-refractivity contribution in [2.45, 2.75) is 6.92 Å². The summed E-state index contributed by atoms with van der Waals surface area (Å²) in [7, 11) is 0. The average molecular weight is 453 g/mol. The number of benzene rings is 2. The first-order valence-electron chi connectivity index (χ1n) is 8.88. The molecule has 0 atom stereocenters. The Kier molecular flexibility index (Phi) is 5.65. The van der Waals surface area contributed by atoms with Gasteiger partial charge in [-0.1, -0.05) is 53.0 Å². The second-order valence-electron chi connectivity index (χ2n) is 6.53. The fraction of sp³-hybridized carbons (Fsp3) is 0.0435. The van der Waals surface area contributed by atoms with Crippen molar-refractivity contribution < 1.29 is 9.52 Å². The van der Waals surface area contributed by atoms with Gasteiger partial charge in [-0.15, -0.1) is 11.3 Å². The lowest BCUT2D eigenvalue weighted by Crippen LogP contribution is -1.89. The molecule has 148 valence electrons. The normalized spacial score (nSPS) is 11.8. The highest BCUT2D eigenvalue weighted by molar-refractivity contribution is 7.11. The molecule has 4 nitrogen and oxygen atoms in total. The van der Waals surface area contributed by atoms with Crippen LogP contribution in [-0.4, -0.2) is 10.1 Å². The summed E-state index contributed by atoms with van der Waals surface area (Å²) in [5.41, 5.74) is 3.51. The number of nitriles is 1. The molecule has 30 heavy (non-hydrogen) atoms. The van der Waals surface area contributed by atoms with Crippen LogP contribution in [0.5, 0.6) is 0 Å². The summed E-state index contributed by atoms with van der Waals surface area (Å²) in [5, 5.41) is 23.5. The fourth-order valence-electron chi connectivity index (χ4n) is 2.87. The zero-order valence-electron chi connectivity index (χ0n) is 15.7. The van der Waals surface area contributed by atoms with Gasteiger partial charge in [0.25, 0.3) is 0 Å². The van der Waals surface area contributed by atoms with Gasteiger partial charge in [0.15, 0.2) is 11.5 Å². The van der Waals surface area contributed by atoms with Crippen molar-refractivity contribution in [2.75, 3.05) is 0 Å². The topological polar surface area (TPSA) is 70.0 Å². The molecule has 0 aliphatic heterocycles. The van der Waals surface area contributed by atoms with Crippen molar-refractivity contribution in [3.8, 4) is 28.7 Å². The molecule has 1 N–H and O–H groups in total. The molecule has 7 heteroatoms. The van der Waals surface area contributed by atoms with Gasteiger partial charge in [0.1, 0.15) is 22.4 Å². The number of furan rings is 1. The Hall–Kier alpha value is -3.04. The molecule has 0 amide bonds. The van der Waals surface area contributed by atoms with E-state index in [1.54, 1.807) is 30.3 Å². The number of rotatable bonds is 4. The van der Waals surface area contributed by atoms with Crippen LogP contribution in [0.15, 0.2) is 64.4 Å². The predicted octanol–water partition coefficient (Wildman–Crippen LogP) is 7.64. The number of aryl methyl sites for hydroxylation is 1. The number of hydrogen-bond acceptors (Lipinski definition) is 5. The standard InChI is InChI=1S/C23H14Cl2N2O2S/c1-13-2-4-14(5-3-13)19-12-30-23(27-19)17(11-26)22(28)21-9-8-20(29-21)16-7-6-15(24)10-18(16)25/h2-10,12,28H,1H3/b22-17-. The minimum atomic E-state index is -0.279. The molecule has 2 heterocycles. The molecule has 0 saturated carbocycles. The minimum Gasteiger partial charge on any atom is -0.503 e. The average Bonchev–Trinajstić information content (AvgIpc) is 3.39. The Labute approximate surface area is 187 Å². The molecular weight excluding hydrogens is 439 g/mol. The second kappa shape index (κ2) is 8.37. The molecule has 4 rings (SSSR count). The smallest absolute Gasteiger partial charge is 0.179 e. The summed E-state index contributed by atoms with van der Waals surface area (Å²) in [5.74, 6) is 0.327. The molecule has 0 spiro atoms. The van der Waals surface area contributed by atoms with E-state index >= 15 is 0 Å². The van der Waals surface area contributed by atoms with Gasteiger partial charge in [0.05, 0.1) is 10.7 Å². The lowest BCUT2D eigenvalue weighted by atomic mass is 10.1. The highest BCUT2D eigenvalue weighted by Gasteiger charge is 2.19. The van der Waals surface area contributed by atoms with E-state index in [-0.39, 0.29) is 17.1 Å². The Morgan fingerprint density at radius 3 is 2.57 bits per heavy atom. The van der Waals surface area contributed by atoms with Crippen LogP contribution >= 0.6 is 34.5 Å². The quantitative estimate of drug-likeness (QED) is 0.255. The van der Waals surface area contributed by atoms with Crippen LogP contribution in [0.2, 0.25) is 10.0 Å². The maximum atomic E-state index is 10.7. The zero-order valence-corrected chi connectivity index (χ0v) is 18.0. The summed E-state index contributed by atoms with van der Waals surface area (Å²) in [6.07, 6.45) is 0. The number of hydrogen-bond donors (Lipinski definition) is 1. The third-order valence-electron chi connectivity index (χ3n) is 4.45. The van der Waals surface area contributed by atoms with Gasteiger partial charge in [-0.25, -0.2) is 4.98 Å². The number of thiazole rings is 1. The van der Waals surface area contributed by atoms with Crippen LogP contribution in [0, 0.1) is 18.3 Å². The number of aromatic nitrogens is 1. The molecule has 4 aromatic rings. The Morgan fingerprint density at radius 2 is 1.87 bits per heavy atom. The Bertz CT molecular complexity index is 1300. The zero-order chi connectivity index (χ0) is 21.3. The van der Waals surface area contributed by atoms with E-state index in [0.29, 0.717) is 26.4 Å². The van der Waals surface area contributed by atoms with E-state index in [9.17, 15) is 10.4 Å². The van der Waals surface area contributed by atoms with Crippen molar-refractivity contribution >= 4 is 45.9 Å². The summed E-state index contributed by atoms with van der Waals surface area (Å²) in [6, 6.07) is 18.3. The van der Waals surface area contributed by atoms with E-state index in [1.807, 2.05) is 42.6 Å².